The van der Waals surface area contributed by atoms with E-state index in [0.29, 0.717) is 11.8 Å². The molecule has 0 unspecified atom stereocenters. The summed E-state index contributed by atoms with van der Waals surface area (Å²) in [6.07, 6.45) is 0. The first-order valence-corrected chi connectivity index (χ1v) is 14.9. The third kappa shape index (κ3) is 3.70. The van der Waals surface area contributed by atoms with E-state index < -0.39 is 0 Å². The second-order valence-corrected chi connectivity index (χ2v) is 12.0. The molecule has 0 atom stereocenters. The van der Waals surface area contributed by atoms with Gasteiger partial charge in [0.1, 0.15) is 17.0 Å². The number of hydrogen-bond donors (Lipinski definition) is 0. The molecule has 0 saturated heterocycles. The molecule has 0 aliphatic heterocycles. The van der Waals surface area contributed by atoms with Crippen molar-refractivity contribution in [1.29, 1.82) is 0 Å². The Labute approximate surface area is 245 Å². The summed E-state index contributed by atoms with van der Waals surface area (Å²) in [6, 6.07) is 39.2. The first kappa shape index (κ1) is 24.9. The molecule has 204 valence electrons. The van der Waals surface area contributed by atoms with Crippen molar-refractivity contribution in [3.63, 3.8) is 0 Å². The number of benzene rings is 6. The molecule has 0 spiro atoms. The van der Waals surface area contributed by atoms with Crippen molar-refractivity contribution in [3.05, 3.63) is 120 Å². The number of aromatic nitrogens is 2. The molecular formula is C39H32N2O. The van der Waals surface area contributed by atoms with Crippen molar-refractivity contribution in [3.8, 4) is 17.1 Å². The van der Waals surface area contributed by atoms with Crippen molar-refractivity contribution >= 4 is 54.5 Å². The Morgan fingerprint density at radius 1 is 0.571 bits per heavy atom. The molecule has 2 aromatic heterocycles. The van der Waals surface area contributed by atoms with E-state index in [9.17, 15) is 0 Å². The highest BCUT2D eigenvalue weighted by atomic mass is 16.3. The second kappa shape index (κ2) is 9.32. The van der Waals surface area contributed by atoms with Gasteiger partial charge in [-0.25, -0.2) is 4.98 Å². The lowest BCUT2D eigenvalue weighted by Crippen LogP contribution is -2.08. The Morgan fingerprint density at radius 2 is 1.29 bits per heavy atom. The molecule has 0 aliphatic carbocycles. The first-order valence-electron chi connectivity index (χ1n) is 14.9. The lowest BCUT2D eigenvalue weighted by Gasteiger charge is -2.22. The van der Waals surface area contributed by atoms with E-state index in [-0.39, 0.29) is 0 Å². The second-order valence-electron chi connectivity index (χ2n) is 12.0. The zero-order valence-electron chi connectivity index (χ0n) is 24.3. The molecule has 0 saturated carbocycles. The van der Waals surface area contributed by atoms with Gasteiger partial charge in [-0.2, -0.15) is 0 Å². The molecule has 0 aliphatic rings. The highest BCUT2D eigenvalue weighted by Crippen LogP contribution is 2.40. The molecule has 0 radical (unpaired) electrons. The zero-order valence-corrected chi connectivity index (χ0v) is 24.3. The smallest absolute Gasteiger partial charge is 0.145 e. The summed E-state index contributed by atoms with van der Waals surface area (Å²) < 4.78 is 8.81. The average molecular weight is 545 g/mol. The number of rotatable bonds is 4. The van der Waals surface area contributed by atoms with Crippen LogP contribution in [0.1, 0.15) is 50.7 Å². The maximum atomic E-state index is 6.41. The van der Waals surface area contributed by atoms with Crippen LogP contribution in [0.2, 0.25) is 0 Å². The average Bonchev–Trinajstić information content (AvgIpc) is 3.57. The van der Waals surface area contributed by atoms with Crippen LogP contribution < -0.4 is 0 Å². The maximum Gasteiger partial charge on any atom is 0.145 e. The van der Waals surface area contributed by atoms with Gasteiger partial charge in [0.05, 0.1) is 16.7 Å². The summed E-state index contributed by atoms with van der Waals surface area (Å²) in [7, 11) is 0. The van der Waals surface area contributed by atoms with E-state index >= 15 is 0 Å². The molecule has 2 heterocycles. The topological polar surface area (TPSA) is 31.0 Å². The minimum absolute atomic E-state index is 0.371. The Bertz CT molecular complexity index is 2290. The summed E-state index contributed by atoms with van der Waals surface area (Å²) in [5.41, 5.74) is 8.91. The number of fused-ring (bicyclic) bond motifs is 7. The summed E-state index contributed by atoms with van der Waals surface area (Å²) >= 11 is 0. The lowest BCUT2D eigenvalue weighted by atomic mass is 9.92. The van der Waals surface area contributed by atoms with Crippen LogP contribution >= 0.6 is 0 Å². The fourth-order valence-electron chi connectivity index (χ4n) is 6.63. The summed E-state index contributed by atoms with van der Waals surface area (Å²) in [6.45, 7) is 9.11. The molecule has 0 fully saturated rings. The van der Waals surface area contributed by atoms with Gasteiger partial charge in [0.15, 0.2) is 0 Å². The third-order valence-corrected chi connectivity index (χ3v) is 8.72. The van der Waals surface area contributed by atoms with Crippen LogP contribution in [0, 0.1) is 0 Å². The van der Waals surface area contributed by atoms with Crippen LogP contribution in [0.25, 0.3) is 71.6 Å². The number of nitrogens with zero attached hydrogens (tertiary/aromatic N) is 2. The van der Waals surface area contributed by atoms with E-state index in [1.807, 2.05) is 0 Å². The fourth-order valence-corrected chi connectivity index (χ4v) is 6.63. The Kier molecular flexibility index (Phi) is 5.52. The van der Waals surface area contributed by atoms with Gasteiger partial charge >= 0.3 is 0 Å². The first-order chi connectivity index (χ1) is 20.5. The maximum absolute atomic E-state index is 6.41. The molecular weight excluding hydrogens is 512 g/mol. The lowest BCUT2D eigenvalue weighted by molar-refractivity contribution is 0.669. The standard InChI is InChI=1S/C39H32N2O/c1-23(2)28-12-9-13-29(24(3)4)38(28)41-35-15-8-7-14-34(35)40-39(41)27-18-19-36-32(20-27)33-22-31-26(21-37(33)42-36)17-16-25-10-5-6-11-30(25)31/h5-24H,1-4H3. The van der Waals surface area contributed by atoms with Crippen molar-refractivity contribution < 1.29 is 4.42 Å². The van der Waals surface area contributed by atoms with Crippen molar-refractivity contribution in [1.82, 2.24) is 9.55 Å². The van der Waals surface area contributed by atoms with Gasteiger partial charge in [0.25, 0.3) is 0 Å². The van der Waals surface area contributed by atoms with Crippen LogP contribution in [-0.2, 0) is 0 Å². The third-order valence-electron chi connectivity index (χ3n) is 8.72. The molecule has 0 bridgehead atoms. The Balaban J connectivity index is 1.43. The summed E-state index contributed by atoms with van der Waals surface area (Å²) in [5.74, 6) is 1.70. The molecule has 42 heavy (non-hydrogen) atoms. The molecule has 8 rings (SSSR count). The molecule has 3 nitrogen and oxygen atoms in total. The number of furan rings is 1. The predicted molar refractivity (Wildman–Crippen MR) is 177 cm³/mol. The van der Waals surface area contributed by atoms with E-state index in [4.69, 9.17) is 9.40 Å². The highest BCUT2D eigenvalue weighted by molar-refractivity contribution is 6.16. The zero-order chi connectivity index (χ0) is 28.5. The van der Waals surface area contributed by atoms with Gasteiger partial charge in [-0.15, -0.1) is 0 Å². The van der Waals surface area contributed by atoms with Gasteiger partial charge < -0.3 is 4.42 Å². The normalized spacial score (nSPS) is 12.2. The monoisotopic (exact) mass is 544 g/mol. The number of hydrogen-bond acceptors (Lipinski definition) is 2. The van der Waals surface area contributed by atoms with E-state index in [1.54, 1.807) is 0 Å². The predicted octanol–water partition coefficient (Wildman–Crippen LogP) is 11.1. The van der Waals surface area contributed by atoms with Gasteiger partial charge in [0, 0.05) is 16.3 Å². The van der Waals surface area contributed by atoms with Gasteiger partial charge in [-0.1, -0.05) is 94.4 Å². The van der Waals surface area contributed by atoms with Gasteiger partial charge in [-0.3, -0.25) is 4.57 Å². The highest BCUT2D eigenvalue weighted by Gasteiger charge is 2.22. The molecule has 0 amide bonds. The largest absolute Gasteiger partial charge is 0.456 e. The molecule has 0 N–H and O–H groups in total. The van der Waals surface area contributed by atoms with E-state index in [0.717, 1.165) is 44.4 Å². The van der Waals surface area contributed by atoms with E-state index in [2.05, 4.69) is 141 Å². The minimum atomic E-state index is 0.371. The van der Waals surface area contributed by atoms with Crippen LogP contribution in [0.15, 0.2) is 114 Å². The van der Waals surface area contributed by atoms with E-state index in [1.165, 1.54) is 38.4 Å². The summed E-state index contributed by atoms with van der Waals surface area (Å²) in [5, 5.41) is 7.18. The Hall–Kier alpha value is -4.89. The molecule has 3 heteroatoms. The van der Waals surface area contributed by atoms with Crippen molar-refractivity contribution in [2.24, 2.45) is 0 Å². The van der Waals surface area contributed by atoms with Crippen LogP contribution in [0.3, 0.4) is 0 Å². The minimum Gasteiger partial charge on any atom is -0.456 e. The molecule has 6 aromatic carbocycles. The fraction of sp³-hybridized carbons (Fsp3) is 0.154. The van der Waals surface area contributed by atoms with Crippen LogP contribution in [-0.4, -0.2) is 9.55 Å². The van der Waals surface area contributed by atoms with Gasteiger partial charge in [0.2, 0.25) is 0 Å². The number of para-hydroxylation sites is 3. The summed E-state index contributed by atoms with van der Waals surface area (Å²) in [4.78, 5) is 5.25. The quantitative estimate of drug-likeness (QED) is 0.206. The van der Waals surface area contributed by atoms with Crippen molar-refractivity contribution in [2.45, 2.75) is 39.5 Å². The SMILES string of the molecule is CC(C)c1cccc(C(C)C)c1-n1c(-c2ccc3oc4cc5ccc6ccccc6c5cc4c3c2)nc2ccccc21. The van der Waals surface area contributed by atoms with Crippen LogP contribution in [0.4, 0.5) is 0 Å². The van der Waals surface area contributed by atoms with Crippen LogP contribution in [0.5, 0.6) is 0 Å². The number of imidazole rings is 1. The molecule has 8 aromatic rings. The van der Waals surface area contributed by atoms with Crippen molar-refractivity contribution in [2.75, 3.05) is 0 Å². The Morgan fingerprint density at radius 3 is 2.10 bits per heavy atom. The van der Waals surface area contributed by atoms with Gasteiger partial charge in [-0.05, 0) is 87.0 Å².